The van der Waals surface area contributed by atoms with E-state index in [4.69, 9.17) is 5.73 Å². The van der Waals surface area contributed by atoms with Gasteiger partial charge in [0.05, 0.1) is 28.2 Å². The minimum absolute atomic E-state index is 0.00594. The number of carbonyl (C=O) groups is 10. The highest BCUT2D eigenvalue weighted by Gasteiger charge is 2.51. The fourth-order valence-corrected chi connectivity index (χ4v) is 13.2. The molecule has 23 nitrogen and oxygen atoms in total. The molecule has 6 heterocycles. The molecule has 3 aromatic carbocycles. The fraction of sp³-hybridized carbons (Fsp3) is 0.483. The number of imide groups is 2. The molecule has 0 bridgehead atoms. The van der Waals surface area contributed by atoms with E-state index in [1.807, 2.05) is 49.9 Å². The van der Waals surface area contributed by atoms with Crippen molar-refractivity contribution < 1.29 is 79.9 Å². The maximum Gasteiger partial charge on any atom is 0.399 e. The topological polar surface area (TPSA) is 327 Å². The Morgan fingerprint density at radius 3 is 2.23 bits per heavy atom. The van der Waals surface area contributed by atoms with Crippen LogP contribution in [0.1, 0.15) is 119 Å². The summed E-state index contributed by atoms with van der Waals surface area (Å²) in [5.41, 5.74) is 2.23. The number of fused-ring (bicyclic) bond motifs is 3. The van der Waals surface area contributed by atoms with Gasteiger partial charge in [-0.2, -0.15) is 8.78 Å². The minimum atomic E-state index is -5.94. The molecule has 10 amide bonds. The lowest BCUT2D eigenvalue weighted by Gasteiger charge is -2.42. The second kappa shape index (κ2) is 25.6. The monoisotopic (exact) mass is 1250 g/mol. The van der Waals surface area contributed by atoms with E-state index < -0.39 is 140 Å². The van der Waals surface area contributed by atoms with Crippen LogP contribution in [-0.2, 0) is 55.6 Å². The molecule has 29 heteroatoms. The number of anilines is 1. The molecule has 9 N–H and O–H groups in total. The Balaban J connectivity index is 0.879. The summed E-state index contributed by atoms with van der Waals surface area (Å²) in [7, 11) is -5.94. The summed E-state index contributed by atoms with van der Waals surface area (Å²) in [5, 5.41) is 13.1. The highest BCUT2D eigenvalue weighted by molar-refractivity contribution is 7.52. The first-order chi connectivity index (χ1) is 41.0. The summed E-state index contributed by atoms with van der Waals surface area (Å²) in [4.78, 5) is 160. The summed E-state index contributed by atoms with van der Waals surface area (Å²) in [6, 6.07) is 8.80. The molecular formula is C58H67F4N10O13PS. The number of halogens is 4. The number of nitrogens with zero attached hydrogens (tertiary/aromatic N) is 4. The lowest BCUT2D eigenvalue weighted by Crippen LogP contribution is -2.62. The predicted octanol–water partition coefficient (Wildman–Crippen LogP) is 3.38. The molecule has 87 heavy (non-hydrogen) atoms. The zero-order chi connectivity index (χ0) is 63.0. The van der Waals surface area contributed by atoms with Gasteiger partial charge in [-0.15, -0.1) is 11.3 Å². The largest absolute Gasteiger partial charge is 0.399 e. The van der Waals surface area contributed by atoms with Gasteiger partial charge in [0.2, 0.25) is 41.4 Å². The Hall–Kier alpha value is -7.65. The molecule has 0 radical (unpaired) electrons. The Bertz CT molecular complexity index is 3460. The smallest absolute Gasteiger partial charge is 0.370 e. The first kappa shape index (κ1) is 63.8. The van der Waals surface area contributed by atoms with Gasteiger partial charge in [0.15, 0.2) is 0 Å². The van der Waals surface area contributed by atoms with E-state index in [0.29, 0.717) is 30.8 Å². The van der Waals surface area contributed by atoms with E-state index in [1.54, 1.807) is 12.1 Å². The van der Waals surface area contributed by atoms with E-state index in [9.17, 15) is 79.9 Å². The van der Waals surface area contributed by atoms with Crippen LogP contribution in [0.4, 0.5) is 23.2 Å². The average Bonchev–Trinajstić information content (AvgIpc) is 3.18. The third-order valence-electron chi connectivity index (χ3n) is 16.5. The second-order valence-electron chi connectivity index (χ2n) is 23.7. The highest BCUT2D eigenvalue weighted by Crippen LogP contribution is 2.59. The van der Waals surface area contributed by atoms with Gasteiger partial charge in [0, 0.05) is 68.3 Å². The molecular weight excluding hydrogens is 1180 g/mol. The number of primary amides is 1. The van der Waals surface area contributed by atoms with Crippen molar-refractivity contribution in [2.45, 2.75) is 132 Å². The van der Waals surface area contributed by atoms with Crippen LogP contribution in [0.25, 0.3) is 10.1 Å². The van der Waals surface area contributed by atoms with Crippen molar-refractivity contribution in [2.24, 2.45) is 11.7 Å². The lowest BCUT2D eigenvalue weighted by atomic mass is 9.86. The Morgan fingerprint density at radius 1 is 0.851 bits per heavy atom. The number of benzene rings is 3. The number of rotatable bonds is 21. The van der Waals surface area contributed by atoms with Crippen molar-refractivity contribution in [1.82, 2.24) is 41.3 Å². The summed E-state index contributed by atoms with van der Waals surface area (Å²) < 4.78 is 68.9. The molecule has 0 aliphatic carbocycles. The van der Waals surface area contributed by atoms with Gasteiger partial charge in [0.25, 0.3) is 24.1 Å². The summed E-state index contributed by atoms with van der Waals surface area (Å²) in [6.07, 6.45) is -2.77. The maximum atomic E-state index is 14.7. The van der Waals surface area contributed by atoms with Gasteiger partial charge in [0.1, 0.15) is 30.2 Å². The van der Waals surface area contributed by atoms with E-state index >= 15 is 0 Å². The molecule has 466 valence electrons. The molecule has 0 spiro atoms. The van der Waals surface area contributed by atoms with Crippen LogP contribution in [0.5, 0.6) is 0 Å². The number of nitrogens with two attached hydrogens (primary N) is 1. The number of hydrogen-bond donors (Lipinski definition) is 8. The van der Waals surface area contributed by atoms with Crippen molar-refractivity contribution in [1.29, 1.82) is 0 Å². The van der Waals surface area contributed by atoms with Crippen LogP contribution < -0.4 is 37.2 Å². The normalized spacial score (nSPS) is 21.2. The predicted molar refractivity (Wildman–Crippen MR) is 307 cm³/mol. The van der Waals surface area contributed by atoms with Crippen LogP contribution in [0.2, 0.25) is 0 Å². The molecule has 6 atom stereocenters. The van der Waals surface area contributed by atoms with E-state index in [-0.39, 0.29) is 95.5 Å². The first-order valence-electron chi connectivity index (χ1n) is 28.5. The van der Waals surface area contributed by atoms with Gasteiger partial charge in [-0.05, 0) is 96.7 Å². The van der Waals surface area contributed by atoms with Crippen LogP contribution in [0.15, 0.2) is 66.7 Å². The summed E-state index contributed by atoms with van der Waals surface area (Å²) in [5.74, 6) is -7.33. The quantitative estimate of drug-likeness (QED) is 0.0337. The van der Waals surface area contributed by atoms with Crippen molar-refractivity contribution in [2.75, 3.05) is 44.2 Å². The molecule has 4 saturated heterocycles. The molecule has 1 aromatic heterocycles. The third kappa shape index (κ3) is 14.0. The molecule has 4 fully saturated rings. The SMILES string of the molecule is CC(C)(C)c1ccc(CC(NC(=O)C(CCC(N)=O)NC(=O)[C@@H]2CC[C@@H]3CCN(CC(F)F)C[C@H](NC(=O)c4cc5cc(C(F)(F)P(=O)(O)O)ccc5s4)C(=O)N32)C(=O)NCCC2CN(c3cccc4c3C(=O)N(C3CCC(=O)NC3=O)C4=O)C2)cc1. The van der Waals surface area contributed by atoms with Crippen LogP contribution in [-0.4, -0.2) is 166 Å². The molecule has 3 unspecified atom stereocenters. The van der Waals surface area contributed by atoms with Crippen molar-refractivity contribution in [3.05, 3.63) is 99.4 Å². The molecule has 9 rings (SSSR count). The van der Waals surface area contributed by atoms with E-state index in [0.717, 1.165) is 40.0 Å². The molecule has 4 aromatic rings. The molecule has 5 aliphatic heterocycles. The van der Waals surface area contributed by atoms with E-state index in [2.05, 4.69) is 26.6 Å². The lowest BCUT2D eigenvalue weighted by molar-refractivity contribution is -0.144. The maximum absolute atomic E-state index is 14.7. The van der Waals surface area contributed by atoms with E-state index in [1.165, 1.54) is 21.9 Å². The third-order valence-corrected chi connectivity index (χ3v) is 18.6. The summed E-state index contributed by atoms with van der Waals surface area (Å²) >= 11 is 0.802. The average molecular weight is 1250 g/mol. The number of carbonyl (C=O) groups excluding carboxylic acids is 10. The van der Waals surface area contributed by atoms with Crippen molar-refractivity contribution >= 4 is 93.8 Å². The number of piperidine rings is 1. The number of hydrogen-bond acceptors (Lipinski definition) is 14. The van der Waals surface area contributed by atoms with Crippen LogP contribution >= 0.6 is 18.9 Å². The summed E-state index contributed by atoms with van der Waals surface area (Å²) in [6.45, 7) is 5.94. The van der Waals surface area contributed by atoms with Crippen LogP contribution in [0.3, 0.4) is 0 Å². The van der Waals surface area contributed by atoms with Crippen molar-refractivity contribution in [3.63, 3.8) is 0 Å². The number of nitrogens with one attached hydrogen (secondary N) is 5. The second-order valence-corrected chi connectivity index (χ2v) is 26.4. The molecule has 5 aliphatic rings. The Morgan fingerprint density at radius 2 is 1.56 bits per heavy atom. The van der Waals surface area contributed by atoms with Gasteiger partial charge >= 0.3 is 13.3 Å². The number of alkyl halides is 4. The first-order valence-corrected chi connectivity index (χ1v) is 30.9. The standard InChI is InChI=1S/C58H67F4N10O13PS/c1-57(2,3)33-9-7-30(8-10-33)23-38(49(75)64-21-19-31-26-70(27-31)40-6-4-5-36-48(40)56(82)72(54(36)80)42-15-18-47(74)68-52(42)78)66-50(76)37(13-17-46(63)73)65-51(77)41-14-12-35-20-22-69(29-45(59)60)28-39(55(81)71(35)41)67-53(79)44-25-32-24-34(11-16-43(32)87-44)58(61,62)86(83,84)85/h4-11,16,24-25,31,35,37-39,41-42,45H,12-15,17-23,26-29H2,1-3H3,(H2,63,73)(H,64,75)(H,65,77)(H,66,76)(H,67,79)(H,68,74,78)(H2,83,84,85)/t35-,37?,38?,39+,41+,42?/m1/s1. The van der Waals surface area contributed by atoms with Gasteiger partial charge in [-0.3, -0.25) is 67.6 Å². The molecule has 0 saturated carbocycles. The van der Waals surface area contributed by atoms with Gasteiger partial charge < -0.3 is 46.6 Å². The van der Waals surface area contributed by atoms with Gasteiger partial charge in [-0.25, -0.2) is 8.78 Å². The van der Waals surface area contributed by atoms with Crippen molar-refractivity contribution in [3.8, 4) is 0 Å². The Labute approximate surface area is 500 Å². The van der Waals surface area contributed by atoms with Crippen LogP contribution in [0, 0.1) is 5.92 Å². The zero-order valence-corrected chi connectivity index (χ0v) is 49.4. The Kier molecular flexibility index (Phi) is 18.8. The fourth-order valence-electron chi connectivity index (χ4n) is 11.8. The number of thiophene rings is 1. The zero-order valence-electron chi connectivity index (χ0n) is 47.7. The highest BCUT2D eigenvalue weighted by atomic mass is 32.1. The van der Waals surface area contributed by atoms with Gasteiger partial charge in [-0.1, -0.05) is 57.2 Å². The number of amides is 10. The minimum Gasteiger partial charge on any atom is -0.370 e.